The van der Waals surface area contributed by atoms with Crippen LogP contribution in [0.15, 0.2) is 36.7 Å². The first kappa shape index (κ1) is 24.0. The molecule has 2 heterocycles. The first-order chi connectivity index (χ1) is 16.0. The van der Waals surface area contributed by atoms with E-state index >= 15 is 4.39 Å². The van der Waals surface area contributed by atoms with Gasteiger partial charge in [0.2, 0.25) is 5.95 Å². The molecule has 34 heavy (non-hydrogen) atoms. The normalized spacial score (nSPS) is 17.3. The summed E-state index contributed by atoms with van der Waals surface area (Å²) in [4.78, 5) is 8.31. The topological polar surface area (TPSA) is 69.5 Å². The third kappa shape index (κ3) is 5.51. The summed E-state index contributed by atoms with van der Waals surface area (Å²) in [7, 11) is 0. The van der Waals surface area contributed by atoms with Crippen LogP contribution in [0.3, 0.4) is 0 Å². The number of aryl methyl sites for hydroxylation is 1. The summed E-state index contributed by atoms with van der Waals surface area (Å²) >= 11 is 0. The van der Waals surface area contributed by atoms with E-state index in [2.05, 4.69) is 27.2 Å². The fourth-order valence-electron chi connectivity index (χ4n) is 4.25. The van der Waals surface area contributed by atoms with Crippen LogP contribution in [0.25, 0.3) is 5.69 Å². The number of aromatic nitrogens is 3. The van der Waals surface area contributed by atoms with E-state index < -0.39 is 23.1 Å². The molecule has 1 aliphatic rings. The van der Waals surface area contributed by atoms with E-state index in [0.717, 1.165) is 23.8 Å². The van der Waals surface area contributed by atoms with Crippen molar-refractivity contribution in [1.29, 1.82) is 0 Å². The van der Waals surface area contributed by atoms with Crippen LogP contribution in [-0.4, -0.2) is 62.6 Å². The Morgan fingerprint density at radius 1 is 1.09 bits per heavy atom. The van der Waals surface area contributed by atoms with Crippen LogP contribution in [0.4, 0.5) is 30.5 Å². The number of benzene rings is 2. The van der Waals surface area contributed by atoms with Crippen LogP contribution in [0.1, 0.15) is 26.3 Å². The molecular formula is C24H29F3N6O. The summed E-state index contributed by atoms with van der Waals surface area (Å²) < 4.78 is 43.8. The SMILES string of the molecule is Cc1cc(Nc2ncn(-c3cc(F)cc(F)c3)n2)c(F)c(N2CCN(CC(C)(C)O)C(C)C2)c1. The average Bonchev–Trinajstić information content (AvgIpc) is 3.19. The number of β-amino-alcohol motifs (C(OH)–C–C–N with tert-alkyl or cyclic N) is 1. The predicted molar refractivity (Wildman–Crippen MR) is 125 cm³/mol. The van der Waals surface area contributed by atoms with Gasteiger partial charge in [0.1, 0.15) is 18.0 Å². The lowest BCUT2D eigenvalue weighted by molar-refractivity contribution is 0.0200. The van der Waals surface area contributed by atoms with Crippen molar-refractivity contribution in [2.75, 3.05) is 36.4 Å². The van der Waals surface area contributed by atoms with Gasteiger partial charge in [0.05, 0.1) is 22.7 Å². The lowest BCUT2D eigenvalue weighted by atomic mass is 10.1. The van der Waals surface area contributed by atoms with Gasteiger partial charge in [-0.1, -0.05) is 0 Å². The van der Waals surface area contributed by atoms with Gasteiger partial charge < -0.3 is 15.3 Å². The van der Waals surface area contributed by atoms with E-state index in [4.69, 9.17) is 0 Å². The van der Waals surface area contributed by atoms with Crippen LogP contribution in [0.2, 0.25) is 0 Å². The van der Waals surface area contributed by atoms with Crippen LogP contribution in [0, 0.1) is 24.4 Å². The Kier molecular flexibility index (Phi) is 6.55. The molecule has 0 bridgehead atoms. The molecule has 0 radical (unpaired) electrons. The van der Waals surface area contributed by atoms with E-state index in [1.807, 2.05) is 11.8 Å². The molecule has 182 valence electrons. The highest BCUT2D eigenvalue weighted by Gasteiger charge is 2.29. The Labute approximate surface area is 196 Å². The molecule has 1 atom stereocenters. The van der Waals surface area contributed by atoms with Gasteiger partial charge in [0.25, 0.3) is 0 Å². The number of nitrogens with zero attached hydrogens (tertiary/aromatic N) is 5. The molecule has 1 aromatic heterocycles. The molecular weight excluding hydrogens is 445 g/mol. The number of hydrogen-bond donors (Lipinski definition) is 2. The largest absolute Gasteiger partial charge is 0.389 e. The summed E-state index contributed by atoms with van der Waals surface area (Å²) in [6.07, 6.45) is 1.30. The third-order valence-electron chi connectivity index (χ3n) is 5.74. The summed E-state index contributed by atoms with van der Waals surface area (Å²) in [5, 5.41) is 17.2. The number of hydrogen-bond acceptors (Lipinski definition) is 6. The van der Waals surface area contributed by atoms with Gasteiger partial charge in [0, 0.05) is 38.3 Å². The lowest BCUT2D eigenvalue weighted by Gasteiger charge is -2.43. The third-order valence-corrected chi connectivity index (χ3v) is 5.74. The zero-order valence-corrected chi connectivity index (χ0v) is 19.7. The second-order valence-corrected chi connectivity index (χ2v) is 9.49. The highest BCUT2D eigenvalue weighted by molar-refractivity contribution is 5.65. The van der Waals surface area contributed by atoms with Gasteiger partial charge in [-0.05, 0) is 57.5 Å². The molecule has 2 N–H and O–H groups in total. The maximum atomic E-state index is 15.5. The Bertz CT molecular complexity index is 1160. The van der Waals surface area contributed by atoms with Gasteiger partial charge in [-0.25, -0.2) is 17.9 Å². The van der Waals surface area contributed by atoms with Crippen molar-refractivity contribution in [3.63, 3.8) is 0 Å². The van der Waals surface area contributed by atoms with Crippen LogP contribution >= 0.6 is 0 Å². The number of piperazine rings is 1. The van der Waals surface area contributed by atoms with Crippen LogP contribution < -0.4 is 10.2 Å². The molecule has 0 spiro atoms. The maximum Gasteiger partial charge on any atom is 0.247 e. The van der Waals surface area contributed by atoms with E-state index in [-0.39, 0.29) is 23.4 Å². The molecule has 1 fully saturated rings. The molecule has 1 aliphatic heterocycles. The first-order valence-electron chi connectivity index (χ1n) is 11.2. The number of anilines is 3. The second-order valence-electron chi connectivity index (χ2n) is 9.49. The van der Waals surface area contributed by atoms with Gasteiger partial charge in [-0.2, -0.15) is 4.98 Å². The minimum Gasteiger partial charge on any atom is -0.389 e. The monoisotopic (exact) mass is 474 g/mol. The van der Waals surface area contributed by atoms with E-state index in [9.17, 15) is 13.9 Å². The van der Waals surface area contributed by atoms with E-state index in [1.54, 1.807) is 26.0 Å². The van der Waals surface area contributed by atoms with Crippen molar-refractivity contribution < 1.29 is 18.3 Å². The zero-order valence-electron chi connectivity index (χ0n) is 19.7. The van der Waals surface area contributed by atoms with Crippen molar-refractivity contribution in [3.8, 4) is 5.69 Å². The van der Waals surface area contributed by atoms with Crippen molar-refractivity contribution in [2.45, 2.75) is 39.3 Å². The van der Waals surface area contributed by atoms with Crippen molar-refractivity contribution in [2.24, 2.45) is 0 Å². The number of rotatable bonds is 6. The fraction of sp³-hybridized carbons (Fsp3) is 0.417. The number of nitrogens with one attached hydrogen (secondary N) is 1. The number of halogens is 3. The zero-order chi connectivity index (χ0) is 24.6. The van der Waals surface area contributed by atoms with Crippen molar-refractivity contribution in [3.05, 3.63) is 59.7 Å². The van der Waals surface area contributed by atoms with Crippen LogP contribution in [0.5, 0.6) is 0 Å². The predicted octanol–water partition coefficient (Wildman–Crippen LogP) is 4.02. The quantitative estimate of drug-likeness (QED) is 0.563. The molecule has 2 aromatic carbocycles. The Hall–Kier alpha value is -3.11. The van der Waals surface area contributed by atoms with Gasteiger partial charge >= 0.3 is 0 Å². The minimum atomic E-state index is -0.796. The average molecular weight is 475 g/mol. The molecule has 0 aliphatic carbocycles. The standard InChI is InChI=1S/C24H29F3N6O/c1-15-7-20(29-23-28-14-33(30-23)19-10-17(25)9-18(26)11-19)22(27)21(8-15)31-5-6-32(16(2)12-31)13-24(3,4)34/h7-11,14,16,34H,5-6,12-13H2,1-4H3,(H,29,30). The van der Waals surface area contributed by atoms with Gasteiger partial charge in [-0.3, -0.25) is 4.90 Å². The minimum absolute atomic E-state index is 0.100. The first-order valence-corrected chi connectivity index (χ1v) is 11.2. The molecule has 3 aromatic rings. The summed E-state index contributed by atoms with van der Waals surface area (Å²) in [5.74, 6) is -1.79. The van der Waals surface area contributed by atoms with Gasteiger partial charge in [-0.15, -0.1) is 5.10 Å². The maximum absolute atomic E-state index is 15.5. The molecule has 10 heteroatoms. The van der Waals surface area contributed by atoms with E-state index in [1.165, 1.54) is 11.0 Å². The summed E-state index contributed by atoms with van der Waals surface area (Å²) in [6.45, 7) is 10.0. The van der Waals surface area contributed by atoms with E-state index in [0.29, 0.717) is 31.9 Å². The van der Waals surface area contributed by atoms with Crippen LogP contribution in [-0.2, 0) is 0 Å². The molecule has 1 saturated heterocycles. The Balaban J connectivity index is 1.53. The smallest absolute Gasteiger partial charge is 0.247 e. The van der Waals surface area contributed by atoms with Crippen molar-refractivity contribution >= 4 is 17.3 Å². The second kappa shape index (κ2) is 9.27. The summed E-state index contributed by atoms with van der Waals surface area (Å²) in [5.41, 5.74) is 0.919. The van der Waals surface area contributed by atoms with Gasteiger partial charge in [0.15, 0.2) is 5.82 Å². The molecule has 7 nitrogen and oxygen atoms in total. The fourth-order valence-corrected chi connectivity index (χ4v) is 4.25. The molecule has 1 unspecified atom stereocenters. The lowest BCUT2D eigenvalue weighted by Crippen LogP contribution is -2.55. The molecule has 4 rings (SSSR count). The highest BCUT2D eigenvalue weighted by Crippen LogP contribution is 2.31. The van der Waals surface area contributed by atoms with Crippen molar-refractivity contribution in [1.82, 2.24) is 19.7 Å². The highest BCUT2D eigenvalue weighted by atomic mass is 19.1. The Morgan fingerprint density at radius 3 is 2.44 bits per heavy atom. The number of aliphatic hydroxyl groups is 1. The molecule has 0 saturated carbocycles. The Morgan fingerprint density at radius 2 is 1.79 bits per heavy atom. The summed E-state index contributed by atoms with van der Waals surface area (Å²) in [6, 6.07) is 6.64. The molecule has 0 amide bonds.